The highest BCUT2D eigenvalue weighted by Crippen LogP contribution is 2.56. The van der Waals surface area contributed by atoms with Crippen molar-refractivity contribution in [3.05, 3.63) is 0 Å². The van der Waals surface area contributed by atoms with Crippen molar-refractivity contribution in [3.8, 4) is 0 Å². The van der Waals surface area contributed by atoms with Crippen LogP contribution in [0.25, 0.3) is 0 Å². The van der Waals surface area contributed by atoms with Gasteiger partial charge < -0.3 is 9.61 Å². The molecule has 0 aromatic heterocycles. The molecular weight excluding hydrogens is 259 g/mol. The van der Waals surface area contributed by atoms with Gasteiger partial charge in [-0.2, -0.15) is 0 Å². The number of hydrogen-bond acceptors (Lipinski definition) is 4. The molecule has 6 heteroatoms. The van der Waals surface area contributed by atoms with Gasteiger partial charge in [0.25, 0.3) is 0 Å². The number of hydrogen-bond donors (Lipinski definition) is 1. The van der Waals surface area contributed by atoms with Gasteiger partial charge in [0.1, 0.15) is 0 Å². The Hall–Kier alpha value is 0.430. The molecule has 0 aromatic rings. The summed E-state index contributed by atoms with van der Waals surface area (Å²) in [6.45, 7) is 8.97. The average molecular weight is 282 g/mol. The predicted octanol–water partition coefficient (Wildman–Crippen LogP) is 3.81. The number of nitrogens with one attached hydrogen (secondary N) is 1. The van der Waals surface area contributed by atoms with Crippen molar-refractivity contribution >= 4 is 35.1 Å². The van der Waals surface area contributed by atoms with Crippen LogP contribution in [0.15, 0.2) is 4.99 Å². The molecule has 0 aliphatic rings. The van der Waals surface area contributed by atoms with E-state index in [1.165, 1.54) is 12.8 Å². The maximum atomic E-state index is 5.82. The van der Waals surface area contributed by atoms with E-state index in [1.54, 1.807) is 17.7 Å². The van der Waals surface area contributed by atoms with Crippen LogP contribution >= 0.6 is 17.0 Å². The van der Waals surface area contributed by atoms with E-state index < -0.39 is 5.62 Å². The predicted molar refractivity (Wildman–Crippen MR) is 80.0 cm³/mol. The third kappa shape index (κ3) is 8.57. The summed E-state index contributed by atoms with van der Waals surface area (Å²) in [5.74, 6) is 1.05. The lowest BCUT2D eigenvalue weighted by molar-refractivity contribution is 0.274. The van der Waals surface area contributed by atoms with Crippen LogP contribution in [-0.4, -0.2) is 24.7 Å². The van der Waals surface area contributed by atoms with Crippen molar-refractivity contribution in [3.63, 3.8) is 0 Å². The Bertz CT molecular complexity index is 247. The Morgan fingerprint density at radius 3 is 2.69 bits per heavy atom. The number of unbranched alkanes of at least 4 members (excludes halogenated alkanes) is 1. The van der Waals surface area contributed by atoms with Gasteiger partial charge in [-0.3, -0.25) is 4.99 Å². The van der Waals surface area contributed by atoms with Gasteiger partial charge in [-0.1, -0.05) is 24.7 Å². The summed E-state index contributed by atoms with van der Waals surface area (Å²) in [6.07, 6.45) is 4.22. The Morgan fingerprint density at radius 2 is 2.19 bits per heavy atom. The first-order valence-electron chi connectivity index (χ1n) is 5.73. The van der Waals surface area contributed by atoms with Gasteiger partial charge in [0.2, 0.25) is 5.62 Å². The quantitative estimate of drug-likeness (QED) is 0.302. The Kier molecular flexibility index (Phi) is 9.71. The number of aliphatic imine (C=N–C) groups is 1. The Labute approximate surface area is 109 Å². The zero-order valence-electron chi connectivity index (χ0n) is 10.6. The highest BCUT2D eigenvalue weighted by Gasteiger charge is 2.18. The molecule has 1 atom stereocenters. The molecule has 0 saturated heterocycles. The number of rotatable bonds is 9. The van der Waals surface area contributed by atoms with Crippen molar-refractivity contribution in [2.24, 2.45) is 4.99 Å². The summed E-state index contributed by atoms with van der Waals surface area (Å²) < 4.78 is 5.82. The summed E-state index contributed by atoms with van der Waals surface area (Å²) in [5, 5.41) is 3.16. The zero-order valence-corrected chi connectivity index (χ0v) is 13.1. The van der Waals surface area contributed by atoms with Crippen molar-refractivity contribution in [2.75, 3.05) is 12.3 Å². The first-order valence-corrected chi connectivity index (χ1v) is 10.0. The lowest BCUT2D eigenvalue weighted by Gasteiger charge is -2.23. The molecule has 0 aromatic carbocycles. The van der Waals surface area contributed by atoms with Crippen LogP contribution in [0.1, 0.15) is 40.5 Å². The van der Waals surface area contributed by atoms with Crippen LogP contribution in [0.3, 0.4) is 0 Å². The first-order chi connectivity index (χ1) is 7.54. The fraction of sp³-hybridized carbons (Fsp3) is 0.900. The molecule has 16 heavy (non-hydrogen) atoms. The molecule has 0 bridgehead atoms. The smallest absolute Gasteiger partial charge is 0.211 e. The maximum absolute atomic E-state index is 5.82. The minimum absolute atomic E-state index is 0.155. The monoisotopic (exact) mass is 282 g/mol. The summed E-state index contributed by atoms with van der Waals surface area (Å²) in [4.78, 5) is 4.12. The van der Waals surface area contributed by atoms with Crippen LogP contribution in [-0.2, 0) is 16.3 Å². The van der Waals surface area contributed by atoms with Crippen molar-refractivity contribution in [1.29, 1.82) is 0 Å². The normalized spacial score (nSPS) is 15.6. The van der Waals surface area contributed by atoms with Gasteiger partial charge in [0.05, 0.1) is 12.4 Å². The van der Waals surface area contributed by atoms with Crippen molar-refractivity contribution in [1.82, 2.24) is 5.09 Å². The van der Waals surface area contributed by atoms with Crippen molar-refractivity contribution in [2.45, 2.75) is 46.6 Å². The van der Waals surface area contributed by atoms with E-state index in [4.69, 9.17) is 16.3 Å². The fourth-order valence-corrected chi connectivity index (χ4v) is 6.04. The largest absolute Gasteiger partial charge is 0.324 e. The van der Waals surface area contributed by atoms with Crippen LogP contribution in [0.4, 0.5) is 0 Å². The molecular formula is C10H23N2OPS2. The molecule has 0 saturated carbocycles. The second kappa shape index (κ2) is 9.46. The zero-order chi connectivity index (χ0) is 12.4. The molecule has 1 N–H and O–H groups in total. The average Bonchev–Trinajstić information content (AvgIpc) is 2.17. The van der Waals surface area contributed by atoms with Gasteiger partial charge in [0, 0.05) is 12.3 Å². The van der Waals surface area contributed by atoms with E-state index in [2.05, 4.69) is 17.0 Å². The maximum Gasteiger partial charge on any atom is 0.211 e. The molecule has 1 unspecified atom stereocenters. The molecule has 0 heterocycles. The van der Waals surface area contributed by atoms with Crippen LogP contribution < -0.4 is 5.09 Å². The van der Waals surface area contributed by atoms with Gasteiger partial charge in [-0.15, -0.1) is 0 Å². The molecule has 96 valence electrons. The molecule has 0 aliphatic carbocycles. The Morgan fingerprint density at radius 1 is 1.50 bits per heavy atom. The molecule has 0 fully saturated rings. The summed E-state index contributed by atoms with van der Waals surface area (Å²) in [7, 11) is 0. The third-order valence-electron chi connectivity index (χ3n) is 1.60. The molecule has 0 radical (unpaired) electrons. The highest BCUT2D eigenvalue weighted by molar-refractivity contribution is 8.68. The second-order valence-corrected chi connectivity index (χ2v) is 10.3. The topological polar surface area (TPSA) is 33.6 Å². The van der Waals surface area contributed by atoms with E-state index >= 15 is 0 Å². The van der Waals surface area contributed by atoms with E-state index in [0.717, 1.165) is 12.3 Å². The van der Waals surface area contributed by atoms with Gasteiger partial charge >= 0.3 is 0 Å². The summed E-state index contributed by atoms with van der Waals surface area (Å²) >= 11 is 7.28. The number of nitrogens with zero attached hydrogens (tertiary/aromatic N) is 1. The van der Waals surface area contributed by atoms with E-state index in [-0.39, 0.29) is 6.10 Å². The fourth-order valence-electron chi connectivity index (χ4n) is 0.908. The van der Waals surface area contributed by atoms with E-state index in [9.17, 15) is 0 Å². The van der Waals surface area contributed by atoms with Gasteiger partial charge in [-0.05, 0) is 39.0 Å². The molecule has 0 amide bonds. The standard InChI is InChI=1S/C10H23N2OPS2/c1-5-7-8-16-14(15,13-10(3)4)12-9-11-6-2/h9-10H,5-8H2,1-4H3,(H,11,12,15). The van der Waals surface area contributed by atoms with Crippen LogP contribution in [0, 0.1) is 0 Å². The molecule has 0 spiro atoms. The highest BCUT2D eigenvalue weighted by atomic mass is 32.9. The van der Waals surface area contributed by atoms with E-state index in [1.807, 2.05) is 20.8 Å². The third-order valence-corrected chi connectivity index (χ3v) is 7.21. The summed E-state index contributed by atoms with van der Waals surface area (Å²) in [5.41, 5.74) is -1.98. The van der Waals surface area contributed by atoms with Crippen molar-refractivity contribution < 1.29 is 4.52 Å². The van der Waals surface area contributed by atoms with Crippen LogP contribution in [0.5, 0.6) is 0 Å². The first kappa shape index (κ1) is 16.4. The molecule has 3 nitrogen and oxygen atoms in total. The minimum Gasteiger partial charge on any atom is -0.324 e. The second-order valence-electron chi connectivity index (χ2n) is 3.60. The summed E-state index contributed by atoms with van der Waals surface area (Å²) in [6, 6.07) is 0. The van der Waals surface area contributed by atoms with Gasteiger partial charge in [0.15, 0.2) is 0 Å². The Balaban J connectivity index is 4.24. The lowest BCUT2D eigenvalue weighted by atomic mass is 10.4. The molecule has 0 aliphatic heterocycles. The van der Waals surface area contributed by atoms with Crippen LogP contribution in [0.2, 0.25) is 0 Å². The van der Waals surface area contributed by atoms with E-state index in [0.29, 0.717) is 0 Å². The SMILES string of the molecule is CCCCSP(=S)(NC=NCC)OC(C)C. The minimum atomic E-state index is -1.98. The lowest BCUT2D eigenvalue weighted by Crippen LogP contribution is -2.12. The molecule has 0 rings (SSSR count). The van der Waals surface area contributed by atoms with Gasteiger partial charge in [-0.25, -0.2) is 0 Å².